The van der Waals surface area contributed by atoms with E-state index < -0.39 is 0 Å². The van der Waals surface area contributed by atoms with Gasteiger partial charge in [-0.15, -0.1) is 0 Å². The van der Waals surface area contributed by atoms with Crippen molar-refractivity contribution in [2.45, 2.75) is 12.5 Å². The molecule has 2 N–H and O–H groups in total. The van der Waals surface area contributed by atoms with Crippen LogP contribution in [0.3, 0.4) is 0 Å². The lowest BCUT2D eigenvalue weighted by Crippen LogP contribution is -2.50. The van der Waals surface area contributed by atoms with Crippen LogP contribution in [0.1, 0.15) is 6.42 Å². The molecule has 3 aliphatic rings. The normalized spacial score (nSPS) is 36.1. The summed E-state index contributed by atoms with van der Waals surface area (Å²) in [4.78, 5) is 14.3. The third-order valence-electron chi connectivity index (χ3n) is 3.90. The summed E-state index contributed by atoms with van der Waals surface area (Å²) in [7, 11) is 0. The zero-order valence-electron chi connectivity index (χ0n) is 9.63. The van der Waals surface area contributed by atoms with Gasteiger partial charge in [-0.3, -0.25) is 4.79 Å². The number of rotatable bonds is 2. The third kappa shape index (κ3) is 2.09. The van der Waals surface area contributed by atoms with Crippen LogP contribution in [0.15, 0.2) is 23.3 Å². The van der Waals surface area contributed by atoms with Gasteiger partial charge in [0.2, 0.25) is 6.41 Å². The number of nitrogens with zero attached hydrogens (tertiary/aromatic N) is 1. The Kier molecular flexibility index (Phi) is 3.11. The molecule has 17 heavy (non-hydrogen) atoms. The van der Waals surface area contributed by atoms with Gasteiger partial charge in [0, 0.05) is 36.2 Å². The average Bonchev–Trinajstić information content (AvgIpc) is 2.86. The van der Waals surface area contributed by atoms with E-state index in [4.69, 9.17) is 0 Å². The second-order valence-corrected chi connectivity index (χ2v) is 5.74. The summed E-state index contributed by atoms with van der Waals surface area (Å²) in [6, 6.07) is 0.478. The Balaban J connectivity index is 1.82. The summed E-state index contributed by atoms with van der Waals surface area (Å²) in [5.41, 5.74) is 0. The Morgan fingerprint density at radius 3 is 3.18 bits per heavy atom. The molecule has 0 bridgehead atoms. The van der Waals surface area contributed by atoms with Crippen LogP contribution in [0.5, 0.6) is 0 Å². The zero-order valence-corrected chi connectivity index (χ0v) is 10.5. The molecule has 1 unspecified atom stereocenters. The summed E-state index contributed by atoms with van der Waals surface area (Å²) in [6.07, 6.45) is 8.38. The van der Waals surface area contributed by atoms with Crippen molar-refractivity contribution in [1.82, 2.24) is 14.9 Å². The number of fused-ring (bicyclic) bond motifs is 1. The first kappa shape index (κ1) is 11.2. The zero-order chi connectivity index (χ0) is 11.7. The molecule has 92 valence electrons. The molecular weight excluding hydrogens is 234 g/mol. The molecule has 5 heteroatoms. The molecule has 0 saturated carbocycles. The molecule has 0 aromatic heterocycles. The summed E-state index contributed by atoms with van der Waals surface area (Å²) in [5.74, 6) is 1.16. The molecule has 3 heterocycles. The number of hydrogen-bond donors (Lipinski definition) is 2. The van der Waals surface area contributed by atoms with Crippen molar-refractivity contribution < 1.29 is 4.79 Å². The van der Waals surface area contributed by atoms with Crippen molar-refractivity contribution in [2.75, 3.05) is 19.6 Å². The summed E-state index contributed by atoms with van der Waals surface area (Å²) < 4.78 is 3.19. The van der Waals surface area contributed by atoms with Crippen molar-refractivity contribution in [2.24, 2.45) is 11.8 Å². The minimum atomic E-state index is 0.478. The number of allylic oxidation sites excluding steroid dienone is 2. The molecule has 0 aromatic carbocycles. The van der Waals surface area contributed by atoms with E-state index in [0.29, 0.717) is 17.9 Å². The summed E-state index contributed by atoms with van der Waals surface area (Å²) >= 11 is 1.69. The van der Waals surface area contributed by atoms with E-state index in [2.05, 4.69) is 16.1 Å². The van der Waals surface area contributed by atoms with E-state index in [1.54, 1.807) is 11.9 Å². The molecule has 3 aliphatic heterocycles. The minimum Gasteiger partial charge on any atom is -0.343 e. The van der Waals surface area contributed by atoms with E-state index in [9.17, 15) is 4.79 Å². The smallest absolute Gasteiger partial charge is 0.209 e. The molecule has 2 saturated heterocycles. The second-order valence-electron chi connectivity index (χ2n) is 4.83. The Morgan fingerprint density at radius 1 is 1.47 bits per heavy atom. The molecule has 2 fully saturated rings. The van der Waals surface area contributed by atoms with E-state index in [0.717, 1.165) is 26.0 Å². The lowest BCUT2D eigenvalue weighted by molar-refractivity contribution is -0.120. The lowest BCUT2D eigenvalue weighted by atomic mass is 9.82. The number of carbonyl (C=O) groups is 1. The van der Waals surface area contributed by atoms with Crippen LogP contribution in [0, 0.1) is 11.8 Å². The minimum absolute atomic E-state index is 0.478. The van der Waals surface area contributed by atoms with Gasteiger partial charge in [0.15, 0.2) is 0 Å². The third-order valence-corrected chi connectivity index (χ3v) is 4.82. The van der Waals surface area contributed by atoms with Crippen molar-refractivity contribution >= 4 is 18.4 Å². The van der Waals surface area contributed by atoms with Gasteiger partial charge in [-0.1, -0.05) is 0 Å². The molecule has 0 radical (unpaired) electrons. The largest absolute Gasteiger partial charge is 0.343 e. The summed E-state index contributed by atoms with van der Waals surface area (Å²) in [5, 5.41) is 3.52. The fraction of sp³-hybridized carbons (Fsp3) is 0.583. The highest BCUT2D eigenvalue weighted by Gasteiger charge is 2.41. The highest BCUT2D eigenvalue weighted by molar-refractivity contribution is 8.01. The van der Waals surface area contributed by atoms with Gasteiger partial charge in [0.1, 0.15) is 0 Å². The first-order valence-corrected chi connectivity index (χ1v) is 6.92. The molecule has 1 amide bonds. The van der Waals surface area contributed by atoms with E-state index >= 15 is 0 Å². The predicted octanol–water partition coefficient (Wildman–Crippen LogP) is 0.702. The molecular formula is C12H17N3OS. The van der Waals surface area contributed by atoms with Crippen LogP contribution >= 0.6 is 11.9 Å². The Hall–Kier alpha value is -0.940. The van der Waals surface area contributed by atoms with Gasteiger partial charge in [-0.2, -0.15) is 0 Å². The SMILES string of the molecule is O=CN1CC(C2=CC=CNS2)[C@H]2CCN[C@H]2C1. The van der Waals surface area contributed by atoms with Crippen molar-refractivity contribution in [3.63, 3.8) is 0 Å². The predicted molar refractivity (Wildman–Crippen MR) is 69.0 cm³/mol. The fourth-order valence-electron chi connectivity index (χ4n) is 3.09. The highest BCUT2D eigenvalue weighted by atomic mass is 32.2. The van der Waals surface area contributed by atoms with Gasteiger partial charge in [0.05, 0.1) is 0 Å². The van der Waals surface area contributed by atoms with Crippen LogP contribution in [0.4, 0.5) is 0 Å². The molecule has 4 nitrogen and oxygen atoms in total. The molecule has 0 spiro atoms. The molecule has 0 aromatic rings. The second kappa shape index (κ2) is 4.74. The lowest BCUT2D eigenvalue weighted by Gasteiger charge is -2.40. The standard InChI is InChI=1S/C12H17N3OS/c16-8-15-6-10(12-2-1-4-14-17-12)9-3-5-13-11(9)7-15/h1-2,4,8-11,13-14H,3,5-7H2/t9-,10?,11+/m1/s1. The van der Waals surface area contributed by atoms with Crippen LogP contribution in [0.2, 0.25) is 0 Å². The molecule has 3 atom stereocenters. The van der Waals surface area contributed by atoms with Crippen molar-refractivity contribution in [3.8, 4) is 0 Å². The maximum absolute atomic E-state index is 11.0. The van der Waals surface area contributed by atoms with Crippen molar-refractivity contribution in [1.29, 1.82) is 0 Å². The topological polar surface area (TPSA) is 44.4 Å². The first-order chi connectivity index (χ1) is 8.38. The molecule has 0 aliphatic carbocycles. The highest BCUT2D eigenvalue weighted by Crippen LogP contribution is 2.38. The van der Waals surface area contributed by atoms with E-state index in [-0.39, 0.29) is 0 Å². The van der Waals surface area contributed by atoms with Crippen LogP contribution < -0.4 is 10.0 Å². The van der Waals surface area contributed by atoms with Gasteiger partial charge in [-0.05, 0) is 43.0 Å². The maximum atomic E-state index is 11.0. The number of nitrogens with one attached hydrogen (secondary N) is 2. The number of amides is 1. The van der Waals surface area contributed by atoms with E-state index in [1.165, 1.54) is 11.3 Å². The Labute approximate surface area is 106 Å². The van der Waals surface area contributed by atoms with Crippen molar-refractivity contribution in [3.05, 3.63) is 23.3 Å². The van der Waals surface area contributed by atoms with Gasteiger partial charge in [0.25, 0.3) is 0 Å². The Morgan fingerprint density at radius 2 is 2.41 bits per heavy atom. The maximum Gasteiger partial charge on any atom is 0.209 e. The molecule has 3 rings (SSSR count). The average molecular weight is 251 g/mol. The summed E-state index contributed by atoms with van der Waals surface area (Å²) in [6.45, 7) is 2.81. The number of carbonyl (C=O) groups excluding carboxylic acids is 1. The number of hydrogen-bond acceptors (Lipinski definition) is 4. The quantitative estimate of drug-likeness (QED) is 0.560. The number of likely N-dealkylation sites (tertiary alicyclic amines) is 1. The van der Waals surface area contributed by atoms with Gasteiger partial charge >= 0.3 is 0 Å². The van der Waals surface area contributed by atoms with E-state index in [1.807, 2.05) is 17.2 Å². The Bertz CT molecular complexity index is 369. The monoisotopic (exact) mass is 251 g/mol. The van der Waals surface area contributed by atoms with Crippen LogP contribution in [-0.2, 0) is 4.79 Å². The van der Waals surface area contributed by atoms with Gasteiger partial charge in [-0.25, -0.2) is 0 Å². The number of piperidine rings is 1. The van der Waals surface area contributed by atoms with Gasteiger partial charge < -0.3 is 14.9 Å². The van der Waals surface area contributed by atoms with Crippen LogP contribution in [-0.4, -0.2) is 37.0 Å². The first-order valence-electron chi connectivity index (χ1n) is 6.10. The fourth-order valence-corrected chi connectivity index (χ4v) is 3.92. The van der Waals surface area contributed by atoms with Crippen LogP contribution in [0.25, 0.3) is 0 Å².